The molecule has 0 aliphatic heterocycles. The number of anilines is 2. The van der Waals surface area contributed by atoms with Gasteiger partial charge in [-0.3, -0.25) is 5.10 Å². The zero-order valence-corrected chi connectivity index (χ0v) is 11.5. The number of hydrogen-bond acceptors (Lipinski definition) is 4. The lowest BCUT2D eigenvalue weighted by molar-refractivity contribution is -0.0794. The number of nitrogens with zero attached hydrogens (tertiary/aromatic N) is 1. The number of nitrogens with two attached hydrogens (primary N) is 1. The van der Waals surface area contributed by atoms with E-state index in [9.17, 15) is 0 Å². The highest BCUT2D eigenvalue weighted by Crippen LogP contribution is 2.44. The fraction of sp³-hybridized carbons (Fsp3) is 0.500. The number of methoxy groups -OCH3 is 1. The first-order chi connectivity index (χ1) is 9.02. The van der Waals surface area contributed by atoms with Gasteiger partial charge in [-0.2, -0.15) is 5.10 Å². The third kappa shape index (κ3) is 1.85. The molecule has 4 N–H and O–H groups in total. The molecule has 1 fully saturated rings. The van der Waals surface area contributed by atoms with Crippen LogP contribution in [-0.2, 0) is 4.74 Å². The summed E-state index contributed by atoms with van der Waals surface area (Å²) < 4.78 is 5.47. The lowest BCUT2D eigenvalue weighted by Gasteiger charge is -2.51. The van der Waals surface area contributed by atoms with Crippen LogP contribution in [0, 0.1) is 5.41 Å². The van der Waals surface area contributed by atoms with Gasteiger partial charge < -0.3 is 15.8 Å². The molecule has 5 heteroatoms. The molecule has 5 nitrogen and oxygen atoms in total. The quantitative estimate of drug-likeness (QED) is 0.741. The number of ether oxygens (including phenoxy) is 1. The molecule has 3 rings (SSSR count). The lowest BCUT2D eigenvalue weighted by Crippen LogP contribution is -2.57. The molecule has 0 spiro atoms. The summed E-state index contributed by atoms with van der Waals surface area (Å²) in [6.45, 7) is 4.43. The smallest absolute Gasteiger partial charge is 0.0672 e. The summed E-state index contributed by atoms with van der Waals surface area (Å²) in [7, 11) is 1.77. The van der Waals surface area contributed by atoms with E-state index in [2.05, 4.69) is 29.4 Å². The van der Waals surface area contributed by atoms with Crippen molar-refractivity contribution in [3.63, 3.8) is 0 Å². The van der Waals surface area contributed by atoms with Crippen LogP contribution in [0.3, 0.4) is 0 Å². The molecule has 1 heterocycles. The standard InChI is InChI=1S/C14H20N4O/c1-14(2)12(6-13(14)19-3)17-11-5-10-8(4-9(11)15)7-16-18-10/h4-5,7,12-13,17H,6,15H2,1-3H3,(H,16,18). The fourth-order valence-electron chi connectivity index (χ4n) is 2.85. The summed E-state index contributed by atoms with van der Waals surface area (Å²) in [4.78, 5) is 0. The third-order valence-corrected chi connectivity index (χ3v) is 4.40. The molecule has 2 atom stereocenters. The van der Waals surface area contributed by atoms with Crippen LogP contribution in [0.5, 0.6) is 0 Å². The van der Waals surface area contributed by atoms with E-state index in [1.54, 1.807) is 13.3 Å². The number of hydrogen-bond donors (Lipinski definition) is 3. The molecule has 0 bridgehead atoms. The number of fused-ring (bicyclic) bond motifs is 1. The van der Waals surface area contributed by atoms with Crippen LogP contribution < -0.4 is 11.1 Å². The average molecular weight is 260 g/mol. The first kappa shape index (κ1) is 12.3. The van der Waals surface area contributed by atoms with Crippen LogP contribution in [-0.4, -0.2) is 29.5 Å². The monoisotopic (exact) mass is 260 g/mol. The summed E-state index contributed by atoms with van der Waals surface area (Å²) in [5, 5.41) is 11.6. The number of nitrogens with one attached hydrogen (secondary N) is 2. The van der Waals surface area contributed by atoms with Gasteiger partial charge in [0.15, 0.2) is 0 Å². The Morgan fingerprint density at radius 2 is 2.26 bits per heavy atom. The minimum atomic E-state index is 0.115. The normalized spacial score (nSPS) is 25.2. The van der Waals surface area contributed by atoms with Crippen molar-refractivity contribution in [2.75, 3.05) is 18.2 Å². The molecule has 2 unspecified atom stereocenters. The zero-order chi connectivity index (χ0) is 13.6. The minimum absolute atomic E-state index is 0.115. The molecule has 1 saturated carbocycles. The average Bonchev–Trinajstić information content (AvgIpc) is 2.80. The van der Waals surface area contributed by atoms with Crippen LogP contribution in [0.15, 0.2) is 18.3 Å². The molecule has 0 saturated heterocycles. The molecule has 0 amide bonds. The molecule has 1 aliphatic rings. The van der Waals surface area contributed by atoms with E-state index in [1.165, 1.54) is 0 Å². The number of aromatic amines is 1. The SMILES string of the molecule is COC1CC(Nc2cc3[nH]ncc3cc2N)C1(C)C. The zero-order valence-electron chi connectivity index (χ0n) is 11.5. The maximum Gasteiger partial charge on any atom is 0.0672 e. The topological polar surface area (TPSA) is 76.0 Å². The molecule has 19 heavy (non-hydrogen) atoms. The Bertz CT molecular complexity index is 605. The summed E-state index contributed by atoms with van der Waals surface area (Å²) in [5.74, 6) is 0. The van der Waals surface area contributed by atoms with Gasteiger partial charge >= 0.3 is 0 Å². The van der Waals surface area contributed by atoms with Crippen LogP contribution in [0.1, 0.15) is 20.3 Å². The van der Waals surface area contributed by atoms with Crippen molar-refractivity contribution < 1.29 is 4.74 Å². The molecule has 1 aliphatic carbocycles. The van der Waals surface area contributed by atoms with Gasteiger partial charge in [-0.1, -0.05) is 13.8 Å². The fourth-order valence-corrected chi connectivity index (χ4v) is 2.85. The largest absolute Gasteiger partial charge is 0.397 e. The summed E-state index contributed by atoms with van der Waals surface area (Å²) in [6.07, 6.45) is 3.09. The van der Waals surface area contributed by atoms with Crippen molar-refractivity contribution in [3.05, 3.63) is 18.3 Å². The molecular weight excluding hydrogens is 240 g/mol. The number of nitrogen functional groups attached to an aromatic ring is 1. The van der Waals surface area contributed by atoms with Crippen LogP contribution in [0.25, 0.3) is 10.9 Å². The van der Waals surface area contributed by atoms with Crippen molar-refractivity contribution in [2.24, 2.45) is 5.41 Å². The highest BCUT2D eigenvalue weighted by molar-refractivity contribution is 5.88. The maximum absolute atomic E-state index is 6.09. The van der Waals surface area contributed by atoms with Gasteiger partial charge in [0.2, 0.25) is 0 Å². The number of rotatable bonds is 3. The summed E-state index contributed by atoms with van der Waals surface area (Å²) >= 11 is 0. The third-order valence-electron chi connectivity index (χ3n) is 4.40. The van der Waals surface area contributed by atoms with E-state index in [4.69, 9.17) is 10.5 Å². The van der Waals surface area contributed by atoms with E-state index < -0.39 is 0 Å². The molecule has 1 aromatic carbocycles. The van der Waals surface area contributed by atoms with E-state index in [-0.39, 0.29) is 5.41 Å². The van der Waals surface area contributed by atoms with Crippen LogP contribution in [0.4, 0.5) is 11.4 Å². The van der Waals surface area contributed by atoms with Gasteiger partial charge in [0.25, 0.3) is 0 Å². The predicted octanol–water partition coefficient (Wildman–Crippen LogP) is 2.37. The van der Waals surface area contributed by atoms with E-state index in [1.807, 2.05) is 12.1 Å². The molecule has 2 aromatic rings. The van der Waals surface area contributed by atoms with Gasteiger partial charge in [0, 0.05) is 24.0 Å². The van der Waals surface area contributed by atoms with Crippen molar-refractivity contribution >= 4 is 22.3 Å². The summed E-state index contributed by atoms with van der Waals surface area (Å²) in [5.41, 5.74) is 8.92. The Balaban J connectivity index is 1.84. The predicted molar refractivity (Wildman–Crippen MR) is 77.1 cm³/mol. The van der Waals surface area contributed by atoms with Gasteiger partial charge in [0.1, 0.15) is 0 Å². The van der Waals surface area contributed by atoms with Crippen molar-refractivity contribution in [1.82, 2.24) is 10.2 Å². The second-order valence-corrected chi connectivity index (χ2v) is 5.88. The number of benzene rings is 1. The second kappa shape index (κ2) is 4.13. The van der Waals surface area contributed by atoms with Gasteiger partial charge in [-0.25, -0.2) is 0 Å². The Morgan fingerprint density at radius 1 is 1.47 bits per heavy atom. The highest BCUT2D eigenvalue weighted by atomic mass is 16.5. The highest BCUT2D eigenvalue weighted by Gasteiger charge is 2.48. The molecule has 0 radical (unpaired) electrons. The summed E-state index contributed by atoms with van der Waals surface area (Å²) in [6, 6.07) is 4.34. The molecule has 102 valence electrons. The minimum Gasteiger partial charge on any atom is -0.397 e. The van der Waals surface area contributed by atoms with Gasteiger partial charge in [-0.05, 0) is 18.6 Å². The lowest BCUT2D eigenvalue weighted by atomic mass is 9.64. The van der Waals surface area contributed by atoms with Crippen molar-refractivity contribution in [1.29, 1.82) is 0 Å². The Kier molecular flexibility index (Phi) is 2.67. The van der Waals surface area contributed by atoms with Crippen molar-refractivity contribution in [2.45, 2.75) is 32.4 Å². The Labute approximate surface area is 112 Å². The Morgan fingerprint density at radius 3 is 2.95 bits per heavy atom. The first-order valence-corrected chi connectivity index (χ1v) is 6.54. The molecule has 1 aromatic heterocycles. The van der Waals surface area contributed by atoms with E-state index in [0.29, 0.717) is 12.1 Å². The van der Waals surface area contributed by atoms with E-state index in [0.717, 1.165) is 28.7 Å². The van der Waals surface area contributed by atoms with Gasteiger partial charge in [-0.15, -0.1) is 0 Å². The van der Waals surface area contributed by atoms with Gasteiger partial charge in [0.05, 0.1) is 29.2 Å². The second-order valence-electron chi connectivity index (χ2n) is 5.88. The van der Waals surface area contributed by atoms with Crippen LogP contribution in [0.2, 0.25) is 0 Å². The number of aromatic nitrogens is 2. The Hall–Kier alpha value is -1.75. The molecular formula is C14H20N4O. The first-order valence-electron chi connectivity index (χ1n) is 6.54. The van der Waals surface area contributed by atoms with Crippen LogP contribution >= 0.6 is 0 Å². The number of H-pyrrole nitrogens is 1. The van der Waals surface area contributed by atoms with E-state index >= 15 is 0 Å². The van der Waals surface area contributed by atoms with Crippen molar-refractivity contribution in [3.8, 4) is 0 Å². The maximum atomic E-state index is 6.09.